The molecule has 0 aliphatic carbocycles. The quantitative estimate of drug-likeness (QED) is 0.272. The number of aromatic nitrogens is 2. The van der Waals surface area contributed by atoms with Crippen molar-refractivity contribution in [3.05, 3.63) is 37.6 Å². The van der Waals surface area contributed by atoms with E-state index in [1.165, 1.54) is 17.3 Å². The van der Waals surface area contributed by atoms with Crippen LogP contribution in [-0.2, 0) is 19.0 Å². The van der Waals surface area contributed by atoms with Crippen molar-refractivity contribution in [3.63, 3.8) is 0 Å². The van der Waals surface area contributed by atoms with Gasteiger partial charge in [-0.1, -0.05) is 15.9 Å². The molecule has 184 valence electrons. The number of halogens is 1. The van der Waals surface area contributed by atoms with Crippen molar-refractivity contribution >= 4 is 34.1 Å². The molecule has 1 amide bonds. The molecule has 33 heavy (non-hydrogen) atoms. The second kappa shape index (κ2) is 11.6. The van der Waals surface area contributed by atoms with Crippen molar-refractivity contribution in [1.29, 1.82) is 0 Å². The number of amides is 1. The Hall–Kier alpha value is -2.48. The van der Waals surface area contributed by atoms with Gasteiger partial charge in [0, 0.05) is 19.2 Å². The van der Waals surface area contributed by atoms with E-state index in [9.17, 15) is 29.4 Å². The van der Waals surface area contributed by atoms with E-state index in [-0.39, 0.29) is 24.9 Å². The maximum absolute atomic E-state index is 12.3. The van der Waals surface area contributed by atoms with Crippen LogP contribution in [0, 0.1) is 0 Å². The van der Waals surface area contributed by atoms with Crippen molar-refractivity contribution in [2.45, 2.75) is 63.8 Å². The van der Waals surface area contributed by atoms with E-state index in [0.717, 1.165) is 4.57 Å². The highest BCUT2D eigenvalue weighted by Crippen LogP contribution is 2.31. The number of carbonyl (C=O) groups excluding carboxylic acids is 2. The Morgan fingerprint density at radius 3 is 2.67 bits per heavy atom. The molecular weight excluding hydrogens is 506 g/mol. The molecule has 2 rings (SSSR count). The molecule has 0 aromatic carbocycles. The Balaban J connectivity index is 2.07. The number of aromatic amines is 1. The Morgan fingerprint density at radius 1 is 1.36 bits per heavy atom. The van der Waals surface area contributed by atoms with Gasteiger partial charge in [-0.3, -0.25) is 19.1 Å². The third-order valence-electron chi connectivity index (χ3n) is 4.50. The number of nitrogens with one attached hydrogen (secondary N) is 2. The van der Waals surface area contributed by atoms with Crippen LogP contribution in [0.15, 0.2) is 20.8 Å². The molecule has 4 atom stereocenters. The zero-order valence-corrected chi connectivity index (χ0v) is 20.0. The first-order chi connectivity index (χ1) is 15.5. The number of carbonyl (C=O) groups is 2. The standard InChI is InChI=1S/C20H28BrN3O9/c1-20(2,3)33-19(30)22-8-4-5-13(26)32-15-14(27)12(10-25)31-17(15)24-9-11(6-7-21)16(28)23-18(24)29/h6-7,9,12,14-15,17,25,27H,4-5,8,10H2,1-3H3,(H,22,30)(H,23,28,29)/b7-6+/t12-,14-,15+,17-/m1/s1. The summed E-state index contributed by atoms with van der Waals surface area (Å²) in [6.07, 6.45) is -3.04. The highest BCUT2D eigenvalue weighted by atomic mass is 79.9. The average molecular weight is 534 g/mol. The summed E-state index contributed by atoms with van der Waals surface area (Å²) in [6, 6.07) is 0. The number of nitrogens with zero attached hydrogens (tertiary/aromatic N) is 1. The number of esters is 1. The highest BCUT2D eigenvalue weighted by Gasteiger charge is 2.47. The summed E-state index contributed by atoms with van der Waals surface area (Å²) in [7, 11) is 0. The van der Waals surface area contributed by atoms with Gasteiger partial charge in [0.05, 0.1) is 12.2 Å². The van der Waals surface area contributed by atoms with Crippen LogP contribution in [0.3, 0.4) is 0 Å². The SMILES string of the molecule is CC(C)(C)OC(=O)NCCCC(=O)O[C@H]1[C@H](O)[C@@H](CO)O[C@H]1n1cc(/C=C/Br)c(=O)[nH]c1=O. The minimum absolute atomic E-state index is 0.104. The second-order valence-corrected chi connectivity index (χ2v) is 8.80. The predicted molar refractivity (Wildman–Crippen MR) is 120 cm³/mol. The molecule has 0 unspecified atom stereocenters. The van der Waals surface area contributed by atoms with Gasteiger partial charge >= 0.3 is 17.8 Å². The Morgan fingerprint density at radius 2 is 2.06 bits per heavy atom. The Labute approximate surface area is 197 Å². The first-order valence-corrected chi connectivity index (χ1v) is 11.1. The molecule has 1 fully saturated rings. The number of hydrogen-bond acceptors (Lipinski definition) is 9. The summed E-state index contributed by atoms with van der Waals surface area (Å²) in [4.78, 5) is 51.8. The lowest BCUT2D eigenvalue weighted by Crippen LogP contribution is -2.41. The van der Waals surface area contributed by atoms with E-state index in [2.05, 4.69) is 26.2 Å². The van der Waals surface area contributed by atoms with E-state index < -0.39 is 60.1 Å². The van der Waals surface area contributed by atoms with Crippen molar-refractivity contribution in [3.8, 4) is 0 Å². The van der Waals surface area contributed by atoms with Gasteiger partial charge in [-0.25, -0.2) is 9.59 Å². The lowest BCUT2D eigenvalue weighted by molar-refractivity contribution is -0.158. The van der Waals surface area contributed by atoms with Gasteiger partial charge in [0.15, 0.2) is 12.3 Å². The van der Waals surface area contributed by atoms with Crippen molar-refractivity contribution in [1.82, 2.24) is 14.9 Å². The number of H-pyrrole nitrogens is 1. The van der Waals surface area contributed by atoms with Crippen LogP contribution < -0.4 is 16.6 Å². The number of hydrogen-bond donors (Lipinski definition) is 4. The molecule has 2 heterocycles. The van der Waals surface area contributed by atoms with Crippen LogP contribution in [-0.4, -0.2) is 68.9 Å². The van der Waals surface area contributed by atoms with Gasteiger partial charge in [0.25, 0.3) is 5.56 Å². The minimum Gasteiger partial charge on any atom is -0.455 e. The summed E-state index contributed by atoms with van der Waals surface area (Å²) in [5, 5.41) is 22.4. The molecule has 1 saturated heterocycles. The minimum atomic E-state index is -1.42. The third kappa shape index (κ3) is 7.52. The average Bonchev–Trinajstić information content (AvgIpc) is 3.01. The summed E-state index contributed by atoms with van der Waals surface area (Å²) >= 11 is 3.05. The van der Waals surface area contributed by atoms with Gasteiger partial charge in [0.1, 0.15) is 17.8 Å². The molecule has 0 bridgehead atoms. The van der Waals surface area contributed by atoms with Crippen LogP contribution in [0.5, 0.6) is 0 Å². The smallest absolute Gasteiger partial charge is 0.407 e. The maximum atomic E-state index is 12.3. The van der Waals surface area contributed by atoms with Crippen molar-refractivity contribution in [2.24, 2.45) is 0 Å². The van der Waals surface area contributed by atoms with Gasteiger partial charge in [-0.15, -0.1) is 0 Å². The highest BCUT2D eigenvalue weighted by molar-refractivity contribution is 9.11. The fourth-order valence-electron chi connectivity index (χ4n) is 3.04. The second-order valence-electron chi connectivity index (χ2n) is 8.27. The molecule has 1 aromatic rings. The molecule has 13 heteroatoms. The van der Waals surface area contributed by atoms with E-state index >= 15 is 0 Å². The third-order valence-corrected chi connectivity index (χ3v) is 4.76. The normalized spacial score (nSPS) is 23.0. The Kier molecular flexibility index (Phi) is 9.40. The monoisotopic (exact) mass is 533 g/mol. The van der Waals surface area contributed by atoms with Crippen LogP contribution in [0.4, 0.5) is 4.79 Å². The van der Waals surface area contributed by atoms with Gasteiger partial charge < -0.3 is 29.7 Å². The molecule has 1 aliphatic rings. The molecule has 0 saturated carbocycles. The van der Waals surface area contributed by atoms with Crippen LogP contribution in [0.2, 0.25) is 0 Å². The zero-order chi connectivity index (χ0) is 24.8. The van der Waals surface area contributed by atoms with Crippen LogP contribution >= 0.6 is 15.9 Å². The van der Waals surface area contributed by atoms with Gasteiger partial charge in [-0.05, 0) is 38.3 Å². The van der Waals surface area contributed by atoms with Crippen molar-refractivity contribution in [2.75, 3.05) is 13.2 Å². The summed E-state index contributed by atoms with van der Waals surface area (Å²) in [6.45, 7) is 4.74. The van der Waals surface area contributed by atoms with E-state index in [0.29, 0.717) is 0 Å². The van der Waals surface area contributed by atoms with E-state index in [1.807, 2.05) is 0 Å². The number of aliphatic hydroxyl groups excluding tert-OH is 2. The molecule has 1 aromatic heterocycles. The van der Waals surface area contributed by atoms with E-state index in [4.69, 9.17) is 14.2 Å². The number of rotatable bonds is 8. The van der Waals surface area contributed by atoms with Gasteiger partial charge in [0.2, 0.25) is 0 Å². The lowest BCUT2D eigenvalue weighted by atomic mass is 10.1. The Bertz CT molecular complexity index is 982. The fraction of sp³-hybridized carbons (Fsp3) is 0.600. The molecule has 0 spiro atoms. The summed E-state index contributed by atoms with van der Waals surface area (Å²) < 4.78 is 17.0. The first kappa shape index (κ1) is 26.8. The first-order valence-electron chi connectivity index (χ1n) is 10.2. The number of alkyl carbamates (subject to hydrolysis) is 1. The van der Waals surface area contributed by atoms with E-state index in [1.54, 1.807) is 20.8 Å². The van der Waals surface area contributed by atoms with Gasteiger partial charge in [-0.2, -0.15) is 0 Å². The summed E-state index contributed by atoms with van der Waals surface area (Å²) in [5.74, 6) is -0.713. The van der Waals surface area contributed by atoms with Crippen LogP contribution in [0.25, 0.3) is 6.08 Å². The fourth-order valence-corrected chi connectivity index (χ4v) is 3.33. The zero-order valence-electron chi connectivity index (χ0n) is 18.4. The number of ether oxygens (including phenoxy) is 3. The lowest BCUT2D eigenvalue weighted by Gasteiger charge is -2.22. The van der Waals surface area contributed by atoms with Crippen LogP contribution in [0.1, 0.15) is 45.4 Å². The maximum Gasteiger partial charge on any atom is 0.407 e. The molecule has 12 nitrogen and oxygen atoms in total. The largest absolute Gasteiger partial charge is 0.455 e. The topological polar surface area (TPSA) is 169 Å². The predicted octanol–water partition coefficient (Wildman–Crippen LogP) is 0.370. The molecular formula is C20H28BrN3O9. The molecule has 1 aliphatic heterocycles. The summed E-state index contributed by atoms with van der Waals surface area (Å²) in [5.41, 5.74) is -2.03. The number of aliphatic hydroxyl groups is 2. The molecule has 0 radical (unpaired) electrons. The molecule has 4 N–H and O–H groups in total. The van der Waals surface area contributed by atoms with Crippen molar-refractivity contribution < 1.29 is 34.0 Å².